The van der Waals surface area contributed by atoms with Crippen molar-refractivity contribution < 1.29 is 19.4 Å². The predicted molar refractivity (Wildman–Crippen MR) is 80.8 cm³/mol. The van der Waals surface area contributed by atoms with Gasteiger partial charge >= 0.3 is 5.97 Å². The fraction of sp³-hybridized carbons (Fsp3) is 0.286. The van der Waals surface area contributed by atoms with Gasteiger partial charge in [0, 0.05) is 25.9 Å². The summed E-state index contributed by atoms with van der Waals surface area (Å²) in [6, 6.07) is 7.48. The van der Waals surface area contributed by atoms with Crippen LogP contribution in [0.4, 0.5) is 10.8 Å². The van der Waals surface area contributed by atoms with Crippen LogP contribution in [0.1, 0.15) is 15.4 Å². The quantitative estimate of drug-likeness (QED) is 0.884. The highest BCUT2D eigenvalue weighted by Crippen LogP contribution is 2.32. The largest absolute Gasteiger partial charge is 0.497 e. The molecule has 0 radical (unpaired) electrons. The van der Waals surface area contributed by atoms with Crippen LogP contribution in [0, 0.1) is 0 Å². The summed E-state index contributed by atoms with van der Waals surface area (Å²) in [4.78, 5) is 17.6. The number of aromatic carboxylic acids is 1. The Balaban J connectivity index is 2.36. The van der Waals surface area contributed by atoms with Crippen LogP contribution in [0.25, 0.3) is 0 Å². The monoisotopic (exact) mass is 308 g/mol. The Morgan fingerprint density at radius 3 is 2.81 bits per heavy atom. The molecule has 2 aromatic rings. The number of anilines is 2. The lowest BCUT2D eigenvalue weighted by atomic mass is 10.3. The molecule has 0 aliphatic carbocycles. The molecule has 0 spiro atoms. The standard InChI is InChI=1S/C14H16N2O4S/c1-16(9-5-4-6-10(7-9)20-3)14-15-11(8-19-2)12(21-14)13(17)18/h4-7H,8H2,1-3H3,(H,17,18). The van der Waals surface area contributed by atoms with Crippen LogP contribution in [0.5, 0.6) is 5.75 Å². The van der Waals surface area contributed by atoms with Crippen LogP contribution >= 0.6 is 11.3 Å². The fourth-order valence-corrected chi connectivity index (χ4v) is 2.70. The van der Waals surface area contributed by atoms with E-state index in [0.717, 1.165) is 22.8 Å². The number of carboxylic acid groups (broad SMARTS) is 1. The molecule has 7 heteroatoms. The molecule has 0 saturated heterocycles. The minimum absolute atomic E-state index is 0.171. The maximum Gasteiger partial charge on any atom is 0.347 e. The number of aromatic nitrogens is 1. The average molecular weight is 308 g/mol. The molecule has 0 amide bonds. The smallest absolute Gasteiger partial charge is 0.347 e. The second-order valence-corrected chi connectivity index (χ2v) is 5.25. The first-order valence-corrected chi connectivity index (χ1v) is 6.98. The Hall–Kier alpha value is -2.12. The Morgan fingerprint density at radius 2 is 2.19 bits per heavy atom. The van der Waals surface area contributed by atoms with Crippen LogP contribution in [0.15, 0.2) is 24.3 Å². The van der Waals surface area contributed by atoms with E-state index in [0.29, 0.717) is 10.8 Å². The molecule has 1 heterocycles. The molecule has 0 aliphatic rings. The summed E-state index contributed by atoms with van der Waals surface area (Å²) in [5.41, 5.74) is 1.30. The molecule has 1 aromatic carbocycles. The number of hydrogen-bond acceptors (Lipinski definition) is 6. The minimum Gasteiger partial charge on any atom is -0.497 e. The summed E-state index contributed by atoms with van der Waals surface area (Å²) in [7, 11) is 4.94. The number of hydrogen-bond donors (Lipinski definition) is 1. The molecule has 0 bridgehead atoms. The van der Waals surface area contributed by atoms with Crippen LogP contribution < -0.4 is 9.64 Å². The molecule has 1 N–H and O–H groups in total. The van der Waals surface area contributed by atoms with Gasteiger partial charge in [0.05, 0.1) is 19.4 Å². The van der Waals surface area contributed by atoms with Gasteiger partial charge < -0.3 is 19.5 Å². The van der Waals surface area contributed by atoms with Crippen molar-refractivity contribution in [2.75, 3.05) is 26.2 Å². The van der Waals surface area contributed by atoms with Crippen molar-refractivity contribution in [1.29, 1.82) is 0 Å². The van der Waals surface area contributed by atoms with Crippen LogP contribution in [-0.4, -0.2) is 37.3 Å². The van der Waals surface area contributed by atoms with E-state index in [1.54, 1.807) is 7.11 Å². The first-order chi connectivity index (χ1) is 10.1. The van der Waals surface area contributed by atoms with Gasteiger partial charge in [0.25, 0.3) is 0 Å². The highest BCUT2D eigenvalue weighted by atomic mass is 32.1. The molecule has 0 atom stereocenters. The first kappa shape index (κ1) is 15.3. The van der Waals surface area contributed by atoms with Gasteiger partial charge in [-0.05, 0) is 12.1 Å². The van der Waals surface area contributed by atoms with Crippen LogP contribution in [0.3, 0.4) is 0 Å². The van der Waals surface area contributed by atoms with Crippen molar-refractivity contribution in [3.63, 3.8) is 0 Å². The molecule has 0 unspecified atom stereocenters. The number of nitrogens with zero attached hydrogens (tertiary/aromatic N) is 2. The van der Waals surface area contributed by atoms with Crippen LogP contribution in [-0.2, 0) is 11.3 Å². The number of carbonyl (C=O) groups is 1. The van der Waals surface area contributed by atoms with Crippen molar-refractivity contribution >= 4 is 28.1 Å². The molecule has 21 heavy (non-hydrogen) atoms. The molecule has 2 rings (SSSR count). The van der Waals surface area contributed by atoms with Gasteiger partial charge in [-0.15, -0.1) is 0 Å². The zero-order chi connectivity index (χ0) is 15.4. The van der Waals surface area contributed by atoms with E-state index < -0.39 is 5.97 Å². The third-order valence-electron chi connectivity index (χ3n) is 2.89. The zero-order valence-corrected chi connectivity index (χ0v) is 12.8. The SMILES string of the molecule is COCc1nc(N(C)c2cccc(OC)c2)sc1C(=O)O. The van der Waals surface area contributed by atoms with E-state index in [1.165, 1.54) is 7.11 Å². The third kappa shape index (κ3) is 3.32. The Morgan fingerprint density at radius 1 is 1.43 bits per heavy atom. The Bertz CT molecular complexity index is 642. The highest BCUT2D eigenvalue weighted by molar-refractivity contribution is 7.17. The second kappa shape index (κ2) is 6.55. The molecule has 0 aliphatic heterocycles. The van der Waals surface area contributed by atoms with Crippen molar-refractivity contribution in [2.45, 2.75) is 6.61 Å². The number of methoxy groups -OCH3 is 2. The highest BCUT2D eigenvalue weighted by Gasteiger charge is 2.19. The number of benzene rings is 1. The topological polar surface area (TPSA) is 71.9 Å². The summed E-state index contributed by atoms with van der Waals surface area (Å²) in [5.74, 6) is -0.267. The molecule has 0 saturated carbocycles. The summed E-state index contributed by atoms with van der Waals surface area (Å²) < 4.78 is 10.2. The van der Waals surface area contributed by atoms with E-state index in [1.807, 2.05) is 36.2 Å². The Labute approximate surface area is 126 Å². The van der Waals surface area contributed by atoms with Crippen molar-refractivity contribution in [3.05, 3.63) is 34.8 Å². The van der Waals surface area contributed by atoms with Gasteiger partial charge in [0.15, 0.2) is 5.13 Å². The molecule has 0 fully saturated rings. The second-order valence-electron chi connectivity index (χ2n) is 4.27. The summed E-state index contributed by atoms with van der Waals surface area (Å²) in [6.07, 6.45) is 0. The lowest BCUT2D eigenvalue weighted by molar-refractivity contribution is 0.0697. The average Bonchev–Trinajstić information content (AvgIpc) is 2.91. The fourth-order valence-electron chi connectivity index (χ4n) is 1.81. The normalized spacial score (nSPS) is 10.4. The maximum atomic E-state index is 11.2. The van der Waals surface area contributed by atoms with E-state index in [2.05, 4.69) is 4.98 Å². The van der Waals surface area contributed by atoms with Crippen molar-refractivity contribution in [2.24, 2.45) is 0 Å². The van der Waals surface area contributed by atoms with Gasteiger partial charge in [-0.1, -0.05) is 17.4 Å². The van der Waals surface area contributed by atoms with E-state index >= 15 is 0 Å². The Kier molecular flexibility index (Phi) is 4.77. The van der Waals surface area contributed by atoms with Gasteiger partial charge in [0.2, 0.25) is 0 Å². The summed E-state index contributed by atoms with van der Waals surface area (Å²) in [5, 5.41) is 9.81. The molecule has 6 nitrogen and oxygen atoms in total. The van der Waals surface area contributed by atoms with Gasteiger partial charge in [-0.25, -0.2) is 9.78 Å². The maximum absolute atomic E-state index is 11.2. The summed E-state index contributed by atoms with van der Waals surface area (Å²) >= 11 is 1.12. The van der Waals surface area contributed by atoms with Crippen LogP contribution in [0.2, 0.25) is 0 Å². The lowest BCUT2D eigenvalue weighted by Crippen LogP contribution is -2.09. The number of thiazole rings is 1. The third-order valence-corrected chi connectivity index (χ3v) is 4.05. The lowest BCUT2D eigenvalue weighted by Gasteiger charge is -2.16. The number of carboxylic acids is 1. The van der Waals surface area contributed by atoms with Gasteiger partial charge in [0.1, 0.15) is 10.6 Å². The minimum atomic E-state index is -0.996. The predicted octanol–water partition coefficient (Wildman–Crippen LogP) is 2.76. The molecule has 112 valence electrons. The molecular formula is C14H16N2O4S. The van der Waals surface area contributed by atoms with Gasteiger partial charge in [-0.2, -0.15) is 0 Å². The van der Waals surface area contributed by atoms with E-state index in [-0.39, 0.29) is 11.5 Å². The number of rotatable bonds is 6. The summed E-state index contributed by atoms with van der Waals surface area (Å²) in [6.45, 7) is 0.171. The van der Waals surface area contributed by atoms with E-state index in [9.17, 15) is 9.90 Å². The zero-order valence-electron chi connectivity index (χ0n) is 12.0. The van der Waals surface area contributed by atoms with Gasteiger partial charge in [-0.3, -0.25) is 0 Å². The number of ether oxygens (including phenoxy) is 2. The van der Waals surface area contributed by atoms with E-state index in [4.69, 9.17) is 9.47 Å². The van der Waals surface area contributed by atoms with Crippen molar-refractivity contribution in [1.82, 2.24) is 4.98 Å². The molecule has 1 aromatic heterocycles. The first-order valence-electron chi connectivity index (χ1n) is 6.16. The molecular weight excluding hydrogens is 292 g/mol. The van der Waals surface area contributed by atoms with Crippen molar-refractivity contribution in [3.8, 4) is 5.75 Å².